The van der Waals surface area contributed by atoms with Crippen molar-refractivity contribution in [3.05, 3.63) is 70.5 Å². The summed E-state index contributed by atoms with van der Waals surface area (Å²) in [5.74, 6) is -0.255. The lowest BCUT2D eigenvalue weighted by Crippen LogP contribution is -2.12. The number of primary sulfonamides is 1. The van der Waals surface area contributed by atoms with Crippen molar-refractivity contribution in [2.45, 2.75) is 4.90 Å². The number of rotatable bonds is 4. The molecule has 0 radical (unpaired) electrons. The molecule has 0 aliphatic rings. The number of aromatic nitrogens is 3. The Labute approximate surface area is 146 Å². The molecule has 24 heavy (non-hydrogen) atoms. The first-order valence-corrected chi connectivity index (χ1v) is 9.04. The van der Waals surface area contributed by atoms with Crippen molar-refractivity contribution in [3.8, 4) is 5.69 Å². The monoisotopic (exact) mass is 406 g/mol. The number of hydrogen-bond acceptors (Lipinski definition) is 5. The Morgan fingerprint density at radius 1 is 1.04 bits per heavy atom. The van der Waals surface area contributed by atoms with Crippen molar-refractivity contribution in [1.82, 2.24) is 15.0 Å². The Balaban J connectivity index is 1.88. The average molecular weight is 407 g/mol. The largest absolute Gasteiger partial charge is 0.287 e. The minimum Gasteiger partial charge on any atom is -0.287 e. The van der Waals surface area contributed by atoms with Crippen LogP contribution in [0.2, 0.25) is 0 Å². The molecule has 3 rings (SSSR count). The number of halogens is 1. The number of hydrogen-bond donors (Lipinski definition) is 1. The second-order valence-corrected chi connectivity index (χ2v) is 7.40. The average Bonchev–Trinajstić information content (AvgIpc) is 3.04. The maximum Gasteiger partial charge on any atom is 0.238 e. The molecule has 0 unspecified atom stereocenters. The quantitative estimate of drug-likeness (QED) is 0.665. The highest BCUT2D eigenvalue weighted by molar-refractivity contribution is 9.10. The molecule has 0 fully saturated rings. The van der Waals surface area contributed by atoms with Gasteiger partial charge in [-0.05, 0) is 48.5 Å². The highest BCUT2D eigenvalue weighted by Crippen LogP contribution is 2.15. The Bertz CT molecular complexity index is 996. The van der Waals surface area contributed by atoms with E-state index in [1.807, 2.05) is 0 Å². The van der Waals surface area contributed by atoms with Crippen LogP contribution < -0.4 is 5.14 Å². The molecule has 9 heteroatoms. The first-order chi connectivity index (χ1) is 11.3. The van der Waals surface area contributed by atoms with Crippen LogP contribution in [-0.4, -0.2) is 29.2 Å². The molecule has 7 nitrogen and oxygen atoms in total. The summed E-state index contributed by atoms with van der Waals surface area (Å²) in [6.07, 6.45) is 1.48. The van der Waals surface area contributed by atoms with Crippen molar-refractivity contribution in [3.63, 3.8) is 0 Å². The molecule has 1 aromatic heterocycles. The van der Waals surface area contributed by atoms with Crippen LogP contribution in [0.1, 0.15) is 16.1 Å². The molecule has 2 N–H and O–H groups in total. The molecule has 0 atom stereocenters. The summed E-state index contributed by atoms with van der Waals surface area (Å²) in [5, 5.41) is 12.8. The Hall–Kier alpha value is -2.36. The van der Waals surface area contributed by atoms with Crippen molar-refractivity contribution >= 4 is 31.7 Å². The zero-order valence-corrected chi connectivity index (χ0v) is 14.5. The van der Waals surface area contributed by atoms with Crippen molar-refractivity contribution < 1.29 is 13.2 Å². The fourth-order valence-electron chi connectivity index (χ4n) is 2.03. The fourth-order valence-corrected chi connectivity index (χ4v) is 2.81. The van der Waals surface area contributed by atoms with Gasteiger partial charge in [0.2, 0.25) is 15.8 Å². The van der Waals surface area contributed by atoms with Gasteiger partial charge >= 0.3 is 0 Å². The predicted octanol–water partition coefficient (Wildman–Crippen LogP) is 1.91. The van der Waals surface area contributed by atoms with Gasteiger partial charge in [0.15, 0.2) is 5.69 Å². The first kappa shape index (κ1) is 16.5. The summed E-state index contributed by atoms with van der Waals surface area (Å²) in [6, 6.07) is 12.7. The van der Waals surface area contributed by atoms with Crippen LogP contribution in [-0.2, 0) is 10.0 Å². The number of benzene rings is 2. The van der Waals surface area contributed by atoms with Gasteiger partial charge in [0.25, 0.3) is 0 Å². The van der Waals surface area contributed by atoms with E-state index in [1.165, 1.54) is 35.1 Å². The number of nitrogens with zero attached hydrogens (tertiary/aromatic N) is 3. The lowest BCUT2D eigenvalue weighted by molar-refractivity contribution is 0.103. The fraction of sp³-hybridized carbons (Fsp3) is 0. The molecule has 122 valence electrons. The zero-order valence-electron chi connectivity index (χ0n) is 12.1. The van der Waals surface area contributed by atoms with Crippen molar-refractivity contribution in [2.75, 3.05) is 0 Å². The third kappa shape index (κ3) is 3.42. The van der Waals surface area contributed by atoms with Crippen molar-refractivity contribution in [2.24, 2.45) is 5.14 Å². The summed E-state index contributed by atoms with van der Waals surface area (Å²) in [5.41, 5.74) is 1.24. The Kier molecular flexibility index (Phi) is 4.31. The standard InChI is InChI=1S/C15H11BrN4O3S/c16-11-3-1-10(2-4-11)15(21)14-9-20(19-18-14)12-5-7-13(8-6-12)24(17,22)23/h1-9H,(H2,17,22,23). The normalized spacial score (nSPS) is 11.4. The van der Waals surface area contributed by atoms with E-state index in [0.717, 1.165) is 4.47 Å². The third-order valence-corrected chi connectivity index (χ3v) is 4.72. The van der Waals surface area contributed by atoms with E-state index in [-0.39, 0.29) is 16.4 Å². The van der Waals surface area contributed by atoms with E-state index in [2.05, 4.69) is 26.2 Å². The lowest BCUT2D eigenvalue weighted by Gasteiger charge is -2.01. The van der Waals surface area contributed by atoms with Gasteiger partial charge in [-0.3, -0.25) is 4.79 Å². The number of carbonyl (C=O) groups is 1. The lowest BCUT2D eigenvalue weighted by atomic mass is 10.1. The van der Waals surface area contributed by atoms with Crippen LogP contribution >= 0.6 is 15.9 Å². The van der Waals surface area contributed by atoms with Crippen LogP contribution in [0, 0.1) is 0 Å². The Morgan fingerprint density at radius 2 is 1.67 bits per heavy atom. The van der Waals surface area contributed by atoms with Gasteiger partial charge in [0, 0.05) is 10.0 Å². The van der Waals surface area contributed by atoms with E-state index < -0.39 is 10.0 Å². The third-order valence-electron chi connectivity index (χ3n) is 3.26. The maximum atomic E-state index is 12.4. The van der Waals surface area contributed by atoms with E-state index in [9.17, 15) is 13.2 Å². The highest BCUT2D eigenvalue weighted by Gasteiger charge is 2.14. The zero-order chi connectivity index (χ0) is 17.3. The maximum absolute atomic E-state index is 12.4. The molecule has 0 amide bonds. The molecular formula is C15H11BrN4O3S. The van der Waals surface area contributed by atoms with Gasteiger partial charge in [0.05, 0.1) is 16.8 Å². The van der Waals surface area contributed by atoms with E-state index in [4.69, 9.17) is 5.14 Å². The number of sulfonamides is 1. The summed E-state index contributed by atoms with van der Waals surface area (Å²) in [4.78, 5) is 12.4. The van der Waals surface area contributed by atoms with Gasteiger partial charge in [-0.25, -0.2) is 18.2 Å². The summed E-state index contributed by atoms with van der Waals surface area (Å²) < 4.78 is 24.8. The summed E-state index contributed by atoms with van der Waals surface area (Å²) >= 11 is 3.31. The topological polar surface area (TPSA) is 108 Å². The molecule has 0 bridgehead atoms. The van der Waals surface area contributed by atoms with Crippen LogP contribution in [0.25, 0.3) is 5.69 Å². The molecule has 0 aliphatic heterocycles. The Morgan fingerprint density at radius 3 is 2.25 bits per heavy atom. The molecule has 0 saturated carbocycles. The van der Waals surface area contributed by atoms with Gasteiger partial charge in [0.1, 0.15) is 0 Å². The van der Waals surface area contributed by atoms with Gasteiger partial charge in [-0.1, -0.05) is 21.1 Å². The minimum absolute atomic E-state index is 0.00229. The van der Waals surface area contributed by atoms with E-state index in [0.29, 0.717) is 11.3 Å². The van der Waals surface area contributed by atoms with Gasteiger partial charge < -0.3 is 0 Å². The molecular weight excluding hydrogens is 396 g/mol. The minimum atomic E-state index is -3.75. The van der Waals surface area contributed by atoms with E-state index in [1.54, 1.807) is 24.3 Å². The van der Waals surface area contributed by atoms with Gasteiger partial charge in [-0.2, -0.15) is 0 Å². The number of carbonyl (C=O) groups excluding carboxylic acids is 1. The molecule has 3 aromatic rings. The molecule has 0 saturated heterocycles. The summed E-state index contributed by atoms with van der Waals surface area (Å²) in [7, 11) is -3.75. The highest BCUT2D eigenvalue weighted by atomic mass is 79.9. The molecule has 2 aromatic carbocycles. The summed E-state index contributed by atoms with van der Waals surface area (Å²) in [6.45, 7) is 0. The predicted molar refractivity (Wildman–Crippen MR) is 90.3 cm³/mol. The van der Waals surface area contributed by atoms with E-state index >= 15 is 0 Å². The van der Waals surface area contributed by atoms with Crippen LogP contribution in [0.4, 0.5) is 0 Å². The van der Waals surface area contributed by atoms with Crippen LogP contribution in [0.5, 0.6) is 0 Å². The van der Waals surface area contributed by atoms with Crippen LogP contribution in [0.15, 0.2) is 64.1 Å². The molecule has 0 spiro atoms. The molecule has 1 heterocycles. The first-order valence-electron chi connectivity index (χ1n) is 6.70. The van der Waals surface area contributed by atoms with Gasteiger partial charge in [-0.15, -0.1) is 5.10 Å². The number of ketones is 1. The second-order valence-electron chi connectivity index (χ2n) is 4.92. The number of nitrogens with two attached hydrogens (primary N) is 1. The second kappa shape index (κ2) is 6.27. The molecule has 0 aliphatic carbocycles. The smallest absolute Gasteiger partial charge is 0.238 e. The van der Waals surface area contributed by atoms with Crippen molar-refractivity contribution in [1.29, 1.82) is 0 Å². The van der Waals surface area contributed by atoms with Crippen LogP contribution in [0.3, 0.4) is 0 Å². The SMILES string of the molecule is NS(=O)(=O)c1ccc(-n2cc(C(=O)c3ccc(Br)cc3)nn2)cc1.